The summed E-state index contributed by atoms with van der Waals surface area (Å²) in [5.41, 5.74) is 2.38. The van der Waals surface area contributed by atoms with Crippen LogP contribution in [0.15, 0.2) is 59.4 Å². The summed E-state index contributed by atoms with van der Waals surface area (Å²) in [6, 6.07) is 15.6. The number of benzene rings is 2. The highest BCUT2D eigenvalue weighted by Gasteiger charge is 2.15. The normalized spacial score (nSPS) is 10.8. The molecule has 1 N–H and O–H groups in total. The standard InChI is InChI=1S/C20H19FN2O2/c1-14-18(10-11-24)20(25)23(13-15-6-5-9-17(21)12-15)19(22-14)16-7-3-2-4-8-16/h2-9,12,24H,10-11,13H2,1H3. The number of aromatic nitrogens is 2. The highest BCUT2D eigenvalue weighted by atomic mass is 19.1. The van der Waals surface area contributed by atoms with Crippen LogP contribution in [0.3, 0.4) is 0 Å². The first-order valence-electron chi connectivity index (χ1n) is 8.11. The molecule has 1 aromatic heterocycles. The van der Waals surface area contributed by atoms with E-state index in [-0.39, 0.29) is 30.9 Å². The first kappa shape index (κ1) is 17.0. The van der Waals surface area contributed by atoms with Crippen LogP contribution in [0.1, 0.15) is 16.8 Å². The molecule has 0 radical (unpaired) electrons. The average molecular weight is 338 g/mol. The molecular weight excluding hydrogens is 319 g/mol. The fourth-order valence-electron chi connectivity index (χ4n) is 2.87. The lowest BCUT2D eigenvalue weighted by atomic mass is 10.1. The van der Waals surface area contributed by atoms with Crippen molar-refractivity contribution in [2.45, 2.75) is 19.9 Å². The van der Waals surface area contributed by atoms with Gasteiger partial charge in [0.25, 0.3) is 5.56 Å². The molecule has 3 rings (SSSR count). The van der Waals surface area contributed by atoms with Crippen LogP contribution in [0.25, 0.3) is 11.4 Å². The van der Waals surface area contributed by atoms with Crippen molar-refractivity contribution in [3.05, 3.63) is 87.6 Å². The van der Waals surface area contributed by atoms with Crippen LogP contribution in [0.2, 0.25) is 0 Å². The van der Waals surface area contributed by atoms with Gasteiger partial charge in [0, 0.05) is 29.8 Å². The molecule has 2 aromatic carbocycles. The minimum Gasteiger partial charge on any atom is -0.396 e. The molecule has 1 heterocycles. The van der Waals surface area contributed by atoms with Gasteiger partial charge in [0.2, 0.25) is 0 Å². The average Bonchev–Trinajstić information content (AvgIpc) is 2.61. The third-order valence-electron chi connectivity index (χ3n) is 4.09. The zero-order valence-electron chi connectivity index (χ0n) is 13.9. The molecule has 0 aliphatic heterocycles. The van der Waals surface area contributed by atoms with Crippen molar-refractivity contribution in [3.8, 4) is 11.4 Å². The predicted octanol–water partition coefficient (Wildman–Crippen LogP) is 2.94. The highest BCUT2D eigenvalue weighted by Crippen LogP contribution is 2.18. The zero-order valence-corrected chi connectivity index (χ0v) is 13.9. The van der Waals surface area contributed by atoms with Crippen molar-refractivity contribution in [1.29, 1.82) is 0 Å². The molecule has 0 saturated carbocycles. The van der Waals surface area contributed by atoms with Crippen molar-refractivity contribution >= 4 is 0 Å². The zero-order chi connectivity index (χ0) is 17.8. The first-order chi connectivity index (χ1) is 12.1. The van der Waals surface area contributed by atoms with Crippen molar-refractivity contribution in [2.75, 3.05) is 6.61 Å². The lowest BCUT2D eigenvalue weighted by Crippen LogP contribution is -2.29. The van der Waals surface area contributed by atoms with Crippen molar-refractivity contribution in [1.82, 2.24) is 9.55 Å². The molecule has 4 nitrogen and oxygen atoms in total. The fourth-order valence-corrected chi connectivity index (χ4v) is 2.87. The minimum atomic E-state index is -0.345. The summed E-state index contributed by atoms with van der Waals surface area (Å²) in [7, 11) is 0. The van der Waals surface area contributed by atoms with Gasteiger partial charge >= 0.3 is 0 Å². The molecule has 0 spiro atoms. The molecule has 0 bridgehead atoms. The van der Waals surface area contributed by atoms with Crippen LogP contribution >= 0.6 is 0 Å². The van der Waals surface area contributed by atoms with Crippen molar-refractivity contribution in [2.24, 2.45) is 0 Å². The maximum Gasteiger partial charge on any atom is 0.257 e. The Morgan fingerprint density at radius 2 is 1.88 bits per heavy atom. The Morgan fingerprint density at radius 3 is 2.56 bits per heavy atom. The van der Waals surface area contributed by atoms with Gasteiger partial charge in [-0.15, -0.1) is 0 Å². The maximum absolute atomic E-state index is 13.5. The lowest BCUT2D eigenvalue weighted by Gasteiger charge is -2.16. The summed E-state index contributed by atoms with van der Waals surface area (Å²) in [5.74, 6) is 0.191. The van der Waals surface area contributed by atoms with E-state index in [0.717, 1.165) is 5.56 Å². The second-order valence-corrected chi connectivity index (χ2v) is 5.86. The molecule has 0 amide bonds. The van der Waals surface area contributed by atoms with Gasteiger partial charge in [0.05, 0.1) is 6.54 Å². The molecule has 25 heavy (non-hydrogen) atoms. The molecule has 0 aliphatic rings. The number of rotatable bonds is 5. The van der Waals surface area contributed by atoms with E-state index >= 15 is 0 Å². The number of aryl methyl sites for hydroxylation is 1. The predicted molar refractivity (Wildman–Crippen MR) is 95.0 cm³/mol. The number of aliphatic hydroxyl groups is 1. The quantitative estimate of drug-likeness (QED) is 0.778. The highest BCUT2D eigenvalue weighted by molar-refractivity contribution is 5.56. The second kappa shape index (κ2) is 7.40. The summed E-state index contributed by atoms with van der Waals surface area (Å²) in [4.78, 5) is 17.6. The van der Waals surface area contributed by atoms with Gasteiger partial charge in [-0.05, 0) is 24.6 Å². The van der Waals surface area contributed by atoms with E-state index in [0.29, 0.717) is 22.6 Å². The summed E-state index contributed by atoms with van der Waals surface area (Å²) in [6.07, 6.45) is 0.246. The number of hydrogen-bond donors (Lipinski definition) is 1. The number of halogens is 1. The van der Waals surface area contributed by atoms with Gasteiger partial charge in [0.15, 0.2) is 0 Å². The smallest absolute Gasteiger partial charge is 0.257 e. The van der Waals surface area contributed by atoms with E-state index in [1.807, 2.05) is 30.3 Å². The SMILES string of the molecule is Cc1nc(-c2ccccc2)n(Cc2cccc(F)c2)c(=O)c1CCO. The lowest BCUT2D eigenvalue weighted by molar-refractivity contribution is 0.298. The topological polar surface area (TPSA) is 55.1 Å². The molecule has 128 valence electrons. The Hall–Kier alpha value is -2.79. The van der Waals surface area contributed by atoms with Crippen LogP contribution < -0.4 is 5.56 Å². The van der Waals surface area contributed by atoms with Crippen LogP contribution in [0, 0.1) is 12.7 Å². The Morgan fingerprint density at radius 1 is 1.12 bits per heavy atom. The van der Waals surface area contributed by atoms with E-state index in [2.05, 4.69) is 4.98 Å². The van der Waals surface area contributed by atoms with Gasteiger partial charge in [-0.2, -0.15) is 0 Å². The summed E-state index contributed by atoms with van der Waals surface area (Å²) < 4.78 is 15.1. The summed E-state index contributed by atoms with van der Waals surface area (Å²) >= 11 is 0. The van der Waals surface area contributed by atoms with Gasteiger partial charge in [-0.25, -0.2) is 9.37 Å². The first-order valence-corrected chi connectivity index (χ1v) is 8.11. The third kappa shape index (κ3) is 3.67. The van der Waals surface area contributed by atoms with E-state index in [9.17, 15) is 14.3 Å². The monoisotopic (exact) mass is 338 g/mol. The molecule has 5 heteroatoms. The molecule has 0 saturated heterocycles. The summed E-state index contributed by atoms with van der Waals surface area (Å²) in [5, 5.41) is 9.25. The van der Waals surface area contributed by atoms with Gasteiger partial charge < -0.3 is 5.11 Å². The molecule has 3 aromatic rings. The number of hydrogen-bond acceptors (Lipinski definition) is 3. The largest absolute Gasteiger partial charge is 0.396 e. The number of nitrogens with zero attached hydrogens (tertiary/aromatic N) is 2. The molecular formula is C20H19FN2O2. The Bertz CT molecular complexity index is 936. The molecule has 0 atom stereocenters. The molecule has 0 unspecified atom stereocenters. The third-order valence-corrected chi connectivity index (χ3v) is 4.09. The Labute approximate surface area is 145 Å². The minimum absolute atomic E-state index is 0.123. The Kier molecular flexibility index (Phi) is 5.05. The van der Waals surface area contributed by atoms with E-state index in [4.69, 9.17) is 0 Å². The van der Waals surface area contributed by atoms with Gasteiger partial charge in [0.1, 0.15) is 11.6 Å². The summed E-state index contributed by atoms with van der Waals surface area (Å²) in [6.45, 7) is 1.86. The van der Waals surface area contributed by atoms with E-state index < -0.39 is 0 Å². The molecule has 0 aliphatic carbocycles. The number of aliphatic hydroxyl groups excluding tert-OH is 1. The van der Waals surface area contributed by atoms with Crippen LogP contribution in [-0.2, 0) is 13.0 Å². The second-order valence-electron chi connectivity index (χ2n) is 5.86. The van der Waals surface area contributed by atoms with Gasteiger partial charge in [-0.1, -0.05) is 42.5 Å². The molecule has 0 fully saturated rings. The van der Waals surface area contributed by atoms with Crippen molar-refractivity contribution in [3.63, 3.8) is 0 Å². The van der Waals surface area contributed by atoms with E-state index in [1.54, 1.807) is 23.6 Å². The maximum atomic E-state index is 13.5. The van der Waals surface area contributed by atoms with E-state index in [1.165, 1.54) is 12.1 Å². The van der Waals surface area contributed by atoms with Crippen molar-refractivity contribution < 1.29 is 9.50 Å². The van der Waals surface area contributed by atoms with Crippen LogP contribution in [0.4, 0.5) is 4.39 Å². The fraction of sp³-hybridized carbons (Fsp3) is 0.200. The van der Waals surface area contributed by atoms with Crippen LogP contribution in [-0.4, -0.2) is 21.3 Å². The Balaban J connectivity index is 2.19. The van der Waals surface area contributed by atoms with Crippen LogP contribution in [0.5, 0.6) is 0 Å². The van der Waals surface area contributed by atoms with Gasteiger partial charge in [-0.3, -0.25) is 9.36 Å².